The number of imidazole rings is 1. The van der Waals surface area contributed by atoms with Gasteiger partial charge in [-0.1, -0.05) is 0 Å². The Labute approximate surface area is 129 Å². The SMILES string of the molecule is Cn1cnc2c(ncn2[C@H]2C[C@H](O)[C@@H](COP(=O)(O)O)O2)c1=O. The number of aromatic nitrogens is 4. The quantitative estimate of drug-likeness (QED) is 0.586. The van der Waals surface area contributed by atoms with E-state index in [1.54, 1.807) is 7.05 Å². The summed E-state index contributed by atoms with van der Waals surface area (Å²) in [6, 6.07) is 0. The summed E-state index contributed by atoms with van der Waals surface area (Å²) >= 11 is 0. The van der Waals surface area contributed by atoms with E-state index in [0.717, 1.165) is 0 Å². The summed E-state index contributed by atoms with van der Waals surface area (Å²) in [4.78, 5) is 37.5. The topological polar surface area (TPSA) is 149 Å². The molecule has 0 spiro atoms. The Hall–Kier alpha value is -1.62. The molecule has 2 aromatic heterocycles. The molecule has 12 heteroatoms. The summed E-state index contributed by atoms with van der Waals surface area (Å²) in [5, 5.41) is 9.95. The highest BCUT2D eigenvalue weighted by Crippen LogP contribution is 2.38. The molecule has 126 valence electrons. The molecule has 11 nitrogen and oxygen atoms in total. The van der Waals surface area contributed by atoms with Crippen LogP contribution in [0.15, 0.2) is 17.4 Å². The van der Waals surface area contributed by atoms with Gasteiger partial charge in [0.05, 0.1) is 25.4 Å². The second kappa shape index (κ2) is 5.78. The average Bonchev–Trinajstić information content (AvgIpc) is 3.04. The summed E-state index contributed by atoms with van der Waals surface area (Å²) in [6.45, 7) is -0.455. The van der Waals surface area contributed by atoms with Crippen molar-refractivity contribution in [3.63, 3.8) is 0 Å². The molecule has 23 heavy (non-hydrogen) atoms. The van der Waals surface area contributed by atoms with E-state index in [2.05, 4.69) is 14.5 Å². The maximum atomic E-state index is 11.9. The lowest BCUT2D eigenvalue weighted by Crippen LogP contribution is -2.25. The monoisotopic (exact) mass is 346 g/mol. The number of aliphatic hydroxyl groups excluding tert-OH is 1. The van der Waals surface area contributed by atoms with Crippen molar-refractivity contribution in [2.45, 2.75) is 24.9 Å². The third-order valence-electron chi connectivity index (χ3n) is 3.57. The van der Waals surface area contributed by atoms with E-state index in [9.17, 15) is 14.5 Å². The number of aryl methyl sites for hydroxylation is 1. The van der Waals surface area contributed by atoms with Crippen LogP contribution < -0.4 is 5.56 Å². The summed E-state index contributed by atoms with van der Waals surface area (Å²) in [6.07, 6.45) is 0.329. The predicted octanol–water partition coefficient (Wildman–Crippen LogP) is -1.11. The zero-order valence-corrected chi connectivity index (χ0v) is 12.9. The van der Waals surface area contributed by atoms with E-state index >= 15 is 0 Å². The first-order chi connectivity index (χ1) is 10.8. The number of hydrogen-bond acceptors (Lipinski definition) is 7. The smallest absolute Gasteiger partial charge is 0.390 e. The van der Waals surface area contributed by atoms with Crippen LogP contribution in [0.3, 0.4) is 0 Å². The standard InChI is InChI=1S/C11H15N4O7P/c1-14-4-13-10-9(11(14)17)12-5-15(10)8-2-6(16)7(22-8)3-21-23(18,19)20/h4-8,16H,2-3H2,1H3,(H2,18,19,20)/t6-,7+,8+/m0/s1. The minimum absolute atomic E-state index is 0.150. The van der Waals surface area contributed by atoms with Crippen LogP contribution in [-0.4, -0.2) is 52.8 Å². The van der Waals surface area contributed by atoms with Crippen LogP contribution >= 0.6 is 7.82 Å². The molecule has 0 radical (unpaired) electrons. The van der Waals surface area contributed by atoms with Crippen molar-refractivity contribution >= 4 is 19.0 Å². The molecule has 0 unspecified atom stereocenters. The molecule has 3 heterocycles. The second-order valence-corrected chi connectivity index (χ2v) is 6.44. The van der Waals surface area contributed by atoms with Crippen molar-refractivity contribution < 1.29 is 28.7 Å². The Morgan fingerprint density at radius 2 is 2.17 bits per heavy atom. The van der Waals surface area contributed by atoms with Crippen LogP contribution in [0.25, 0.3) is 11.2 Å². The van der Waals surface area contributed by atoms with Gasteiger partial charge in [-0.2, -0.15) is 0 Å². The van der Waals surface area contributed by atoms with Crippen LogP contribution in [0.5, 0.6) is 0 Å². The molecule has 1 saturated heterocycles. The van der Waals surface area contributed by atoms with Gasteiger partial charge in [0.2, 0.25) is 0 Å². The predicted molar refractivity (Wildman–Crippen MR) is 75.3 cm³/mol. The third kappa shape index (κ3) is 3.20. The Morgan fingerprint density at radius 3 is 2.87 bits per heavy atom. The van der Waals surface area contributed by atoms with Crippen LogP contribution in [-0.2, 0) is 20.9 Å². The molecular weight excluding hydrogens is 331 g/mol. The Bertz CT molecular complexity index is 827. The summed E-state index contributed by atoms with van der Waals surface area (Å²) < 4.78 is 23.4. The Morgan fingerprint density at radius 1 is 1.43 bits per heavy atom. The number of phosphoric acid groups is 1. The number of nitrogens with zero attached hydrogens (tertiary/aromatic N) is 4. The van der Waals surface area contributed by atoms with Gasteiger partial charge in [-0.25, -0.2) is 14.5 Å². The van der Waals surface area contributed by atoms with E-state index in [4.69, 9.17) is 14.5 Å². The van der Waals surface area contributed by atoms with Gasteiger partial charge in [0.1, 0.15) is 12.3 Å². The fraction of sp³-hybridized carbons (Fsp3) is 0.545. The van der Waals surface area contributed by atoms with Gasteiger partial charge in [-0.3, -0.25) is 13.9 Å². The Kier molecular flexibility index (Phi) is 4.08. The van der Waals surface area contributed by atoms with Gasteiger partial charge in [0.15, 0.2) is 11.2 Å². The highest BCUT2D eigenvalue weighted by atomic mass is 31.2. The molecule has 2 aromatic rings. The zero-order valence-electron chi connectivity index (χ0n) is 12.0. The van der Waals surface area contributed by atoms with E-state index in [-0.39, 0.29) is 17.5 Å². The molecular formula is C11H15N4O7P. The molecule has 0 saturated carbocycles. The molecule has 1 aliphatic heterocycles. The number of phosphoric ester groups is 1. The summed E-state index contributed by atoms with van der Waals surface area (Å²) in [5.41, 5.74) is 0.165. The molecule has 0 aromatic carbocycles. The van der Waals surface area contributed by atoms with Crippen molar-refractivity contribution in [2.24, 2.45) is 7.05 Å². The average molecular weight is 346 g/mol. The van der Waals surface area contributed by atoms with Crippen molar-refractivity contribution in [3.8, 4) is 0 Å². The highest BCUT2D eigenvalue weighted by Gasteiger charge is 2.37. The highest BCUT2D eigenvalue weighted by molar-refractivity contribution is 7.46. The molecule has 0 aliphatic carbocycles. The van der Waals surface area contributed by atoms with Crippen LogP contribution in [0, 0.1) is 0 Å². The number of ether oxygens (including phenoxy) is 1. The van der Waals surface area contributed by atoms with Crippen LogP contribution in [0.2, 0.25) is 0 Å². The van der Waals surface area contributed by atoms with Gasteiger partial charge in [-0.05, 0) is 0 Å². The Balaban J connectivity index is 1.82. The maximum Gasteiger partial charge on any atom is 0.469 e. The lowest BCUT2D eigenvalue weighted by Gasteiger charge is -2.16. The molecule has 1 fully saturated rings. The van der Waals surface area contributed by atoms with Gasteiger partial charge >= 0.3 is 7.82 Å². The zero-order chi connectivity index (χ0) is 16.8. The van der Waals surface area contributed by atoms with Crippen LogP contribution in [0.4, 0.5) is 0 Å². The third-order valence-corrected chi connectivity index (χ3v) is 4.05. The minimum atomic E-state index is -4.64. The van der Waals surface area contributed by atoms with Crippen molar-refractivity contribution in [3.05, 3.63) is 23.0 Å². The van der Waals surface area contributed by atoms with E-state index in [1.807, 2.05) is 0 Å². The first-order valence-corrected chi connectivity index (χ1v) is 8.21. The largest absolute Gasteiger partial charge is 0.469 e. The van der Waals surface area contributed by atoms with Gasteiger partial charge < -0.3 is 24.2 Å². The molecule has 1 aliphatic rings. The summed E-state index contributed by atoms with van der Waals surface area (Å²) in [7, 11) is -3.09. The normalized spacial score (nSPS) is 25.3. The summed E-state index contributed by atoms with van der Waals surface area (Å²) in [5.74, 6) is 0. The number of rotatable bonds is 4. The lowest BCUT2D eigenvalue weighted by atomic mass is 10.2. The van der Waals surface area contributed by atoms with E-state index < -0.39 is 32.9 Å². The molecule has 3 atom stereocenters. The van der Waals surface area contributed by atoms with Gasteiger partial charge in [0.25, 0.3) is 5.56 Å². The molecule has 0 amide bonds. The minimum Gasteiger partial charge on any atom is -0.390 e. The molecule has 3 N–H and O–H groups in total. The van der Waals surface area contributed by atoms with Gasteiger partial charge in [0, 0.05) is 13.5 Å². The number of aliphatic hydroxyl groups is 1. The number of fused-ring (bicyclic) bond motifs is 1. The molecule has 0 bridgehead atoms. The first-order valence-electron chi connectivity index (χ1n) is 6.68. The van der Waals surface area contributed by atoms with Crippen molar-refractivity contribution in [1.29, 1.82) is 0 Å². The first kappa shape index (κ1) is 16.2. The van der Waals surface area contributed by atoms with Gasteiger partial charge in [-0.15, -0.1) is 0 Å². The van der Waals surface area contributed by atoms with Crippen molar-refractivity contribution in [1.82, 2.24) is 19.1 Å². The number of hydrogen-bond donors (Lipinski definition) is 3. The second-order valence-electron chi connectivity index (χ2n) is 5.20. The van der Waals surface area contributed by atoms with Crippen LogP contribution in [0.1, 0.15) is 12.6 Å². The van der Waals surface area contributed by atoms with E-state index in [1.165, 1.54) is 21.8 Å². The fourth-order valence-electron chi connectivity index (χ4n) is 2.41. The van der Waals surface area contributed by atoms with Crippen molar-refractivity contribution in [2.75, 3.05) is 6.61 Å². The maximum absolute atomic E-state index is 11.9. The molecule has 3 rings (SSSR count). The van der Waals surface area contributed by atoms with E-state index in [0.29, 0.717) is 5.65 Å². The fourth-order valence-corrected chi connectivity index (χ4v) is 2.75. The lowest BCUT2D eigenvalue weighted by molar-refractivity contribution is -0.0424.